The van der Waals surface area contributed by atoms with Crippen molar-refractivity contribution in [2.45, 2.75) is 26.3 Å². The van der Waals surface area contributed by atoms with Crippen LogP contribution >= 0.6 is 0 Å². The van der Waals surface area contributed by atoms with E-state index in [0.29, 0.717) is 13.0 Å². The summed E-state index contributed by atoms with van der Waals surface area (Å²) in [4.78, 5) is 11.6. The molecule has 0 unspecified atom stereocenters. The molecule has 0 atom stereocenters. The van der Waals surface area contributed by atoms with Crippen molar-refractivity contribution < 1.29 is 4.79 Å². The Bertz CT molecular complexity index is 362. The van der Waals surface area contributed by atoms with Crippen molar-refractivity contribution in [2.75, 3.05) is 6.54 Å². The SMILES string of the molecule is Cc1ccccc1CN1NCCCC1=O. The number of rotatable bonds is 2. The molecule has 0 saturated carbocycles. The molecule has 1 aromatic rings. The van der Waals surface area contributed by atoms with Gasteiger partial charge in [-0.2, -0.15) is 0 Å². The summed E-state index contributed by atoms with van der Waals surface area (Å²) in [6, 6.07) is 8.17. The minimum absolute atomic E-state index is 0.199. The standard InChI is InChI=1S/C12H16N2O/c1-10-5-2-3-6-11(10)9-14-12(15)7-4-8-13-14/h2-3,5-6,13H,4,7-9H2,1H3. The van der Waals surface area contributed by atoms with Crippen LogP contribution in [0.5, 0.6) is 0 Å². The molecule has 1 aromatic carbocycles. The van der Waals surface area contributed by atoms with Crippen LogP contribution in [0.25, 0.3) is 0 Å². The Balaban J connectivity index is 2.08. The maximum Gasteiger partial charge on any atom is 0.237 e. The Kier molecular flexibility index (Phi) is 3.02. The molecule has 3 nitrogen and oxygen atoms in total. The predicted octanol–water partition coefficient (Wildman–Crippen LogP) is 1.62. The third-order valence-electron chi connectivity index (χ3n) is 2.76. The van der Waals surface area contributed by atoms with Crippen molar-refractivity contribution in [3.63, 3.8) is 0 Å². The van der Waals surface area contributed by atoms with E-state index in [0.717, 1.165) is 13.0 Å². The second kappa shape index (κ2) is 4.45. The quantitative estimate of drug-likeness (QED) is 0.794. The predicted molar refractivity (Wildman–Crippen MR) is 59.0 cm³/mol. The number of benzene rings is 1. The first-order chi connectivity index (χ1) is 7.27. The highest BCUT2D eigenvalue weighted by Gasteiger charge is 2.17. The molecule has 1 N–H and O–H groups in total. The number of hydrazine groups is 1. The van der Waals surface area contributed by atoms with Crippen molar-refractivity contribution >= 4 is 5.91 Å². The van der Waals surface area contributed by atoms with E-state index in [1.807, 2.05) is 12.1 Å². The molecule has 1 saturated heterocycles. The fraction of sp³-hybridized carbons (Fsp3) is 0.417. The van der Waals surface area contributed by atoms with E-state index in [1.54, 1.807) is 5.01 Å². The van der Waals surface area contributed by atoms with Crippen LogP contribution in [0.3, 0.4) is 0 Å². The molecule has 0 bridgehead atoms. The van der Waals surface area contributed by atoms with Crippen LogP contribution in [-0.2, 0) is 11.3 Å². The van der Waals surface area contributed by atoms with Gasteiger partial charge in [-0.25, -0.2) is 5.43 Å². The molecule has 1 aliphatic rings. The lowest BCUT2D eigenvalue weighted by Gasteiger charge is -2.28. The van der Waals surface area contributed by atoms with Gasteiger partial charge in [0.05, 0.1) is 6.54 Å². The van der Waals surface area contributed by atoms with Crippen LogP contribution in [0.15, 0.2) is 24.3 Å². The summed E-state index contributed by atoms with van der Waals surface area (Å²) >= 11 is 0. The highest BCUT2D eigenvalue weighted by Crippen LogP contribution is 2.12. The van der Waals surface area contributed by atoms with Gasteiger partial charge in [-0.15, -0.1) is 0 Å². The highest BCUT2D eigenvalue weighted by molar-refractivity contribution is 5.76. The van der Waals surface area contributed by atoms with E-state index in [-0.39, 0.29) is 5.91 Å². The Morgan fingerprint density at radius 1 is 1.40 bits per heavy atom. The molecule has 3 heteroatoms. The number of nitrogens with one attached hydrogen (secondary N) is 1. The number of hydrogen-bond donors (Lipinski definition) is 1. The van der Waals surface area contributed by atoms with E-state index in [9.17, 15) is 4.79 Å². The van der Waals surface area contributed by atoms with Crippen molar-refractivity contribution in [1.82, 2.24) is 10.4 Å². The van der Waals surface area contributed by atoms with E-state index < -0.39 is 0 Å². The Morgan fingerprint density at radius 2 is 2.20 bits per heavy atom. The first-order valence-corrected chi connectivity index (χ1v) is 5.36. The van der Waals surface area contributed by atoms with Crippen LogP contribution in [-0.4, -0.2) is 17.5 Å². The molecule has 2 rings (SSSR count). The molecule has 0 aromatic heterocycles. The zero-order valence-electron chi connectivity index (χ0n) is 8.99. The molecule has 1 amide bonds. The van der Waals surface area contributed by atoms with Crippen LogP contribution in [0.2, 0.25) is 0 Å². The molecule has 0 spiro atoms. The van der Waals surface area contributed by atoms with Gasteiger partial charge in [0.25, 0.3) is 0 Å². The third-order valence-corrected chi connectivity index (χ3v) is 2.76. The van der Waals surface area contributed by atoms with E-state index in [2.05, 4.69) is 24.5 Å². The lowest BCUT2D eigenvalue weighted by molar-refractivity contribution is -0.137. The van der Waals surface area contributed by atoms with Gasteiger partial charge in [0.1, 0.15) is 0 Å². The number of aryl methyl sites for hydroxylation is 1. The largest absolute Gasteiger partial charge is 0.274 e. The van der Waals surface area contributed by atoms with Gasteiger partial charge in [-0.3, -0.25) is 9.80 Å². The van der Waals surface area contributed by atoms with E-state index >= 15 is 0 Å². The van der Waals surface area contributed by atoms with Gasteiger partial charge in [-0.05, 0) is 24.5 Å². The number of hydrogen-bond acceptors (Lipinski definition) is 2. The average molecular weight is 204 g/mol. The molecule has 0 radical (unpaired) electrons. The van der Waals surface area contributed by atoms with Gasteiger partial charge in [-0.1, -0.05) is 24.3 Å². The maximum absolute atomic E-state index is 11.6. The summed E-state index contributed by atoms with van der Waals surface area (Å²) in [7, 11) is 0. The highest BCUT2D eigenvalue weighted by atomic mass is 16.2. The summed E-state index contributed by atoms with van der Waals surface area (Å²) in [5.41, 5.74) is 5.57. The maximum atomic E-state index is 11.6. The summed E-state index contributed by atoms with van der Waals surface area (Å²) < 4.78 is 0. The topological polar surface area (TPSA) is 32.3 Å². The lowest BCUT2D eigenvalue weighted by atomic mass is 10.1. The minimum Gasteiger partial charge on any atom is -0.274 e. The molecule has 1 aliphatic heterocycles. The first kappa shape index (κ1) is 10.2. The summed E-state index contributed by atoms with van der Waals surface area (Å²) in [6.07, 6.45) is 1.61. The second-order valence-electron chi connectivity index (χ2n) is 3.92. The van der Waals surface area contributed by atoms with Gasteiger partial charge in [0.15, 0.2) is 0 Å². The lowest BCUT2D eigenvalue weighted by Crippen LogP contribution is -2.46. The summed E-state index contributed by atoms with van der Waals surface area (Å²) in [5, 5.41) is 1.73. The monoisotopic (exact) mass is 204 g/mol. The van der Waals surface area contributed by atoms with Crippen LogP contribution in [0.1, 0.15) is 24.0 Å². The molecule has 1 heterocycles. The Morgan fingerprint density at radius 3 is 2.93 bits per heavy atom. The normalized spacial score (nSPS) is 16.9. The van der Waals surface area contributed by atoms with Gasteiger partial charge >= 0.3 is 0 Å². The van der Waals surface area contributed by atoms with Gasteiger partial charge < -0.3 is 0 Å². The smallest absolute Gasteiger partial charge is 0.237 e. The van der Waals surface area contributed by atoms with Crippen LogP contribution in [0, 0.1) is 6.92 Å². The molecule has 80 valence electrons. The third kappa shape index (κ3) is 2.36. The first-order valence-electron chi connectivity index (χ1n) is 5.36. The Hall–Kier alpha value is -1.35. The zero-order valence-corrected chi connectivity index (χ0v) is 8.99. The molecule has 1 fully saturated rings. The van der Waals surface area contributed by atoms with Crippen molar-refractivity contribution in [1.29, 1.82) is 0 Å². The zero-order chi connectivity index (χ0) is 10.7. The molecule has 0 aliphatic carbocycles. The average Bonchev–Trinajstić information content (AvgIpc) is 2.24. The van der Waals surface area contributed by atoms with Crippen molar-refractivity contribution in [2.24, 2.45) is 0 Å². The Labute approximate surface area is 90.1 Å². The van der Waals surface area contributed by atoms with Crippen LogP contribution in [0.4, 0.5) is 0 Å². The number of carbonyl (C=O) groups is 1. The second-order valence-corrected chi connectivity index (χ2v) is 3.92. The summed E-state index contributed by atoms with van der Waals surface area (Å²) in [5.74, 6) is 0.199. The summed E-state index contributed by atoms with van der Waals surface area (Å²) in [6.45, 7) is 3.65. The number of amides is 1. The van der Waals surface area contributed by atoms with Gasteiger partial charge in [0, 0.05) is 13.0 Å². The number of carbonyl (C=O) groups excluding carboxylic acids is 1. The minimum atomic E-state index is 0.199. The van der Waals surface area contributed by atoms with Crippen LogP contribution < -0.4 is 5.43 Å². The van der Waals surface area contributed by atoms with Gasteiger partial charge in [0.2, 0.25) is 5.91 Å². The van der Waals surface area contributed by atoms with E-state index in [1.165, 1.54) is 11.1 Å². The number of nitrogens with zero attached hydrogens (tertiary/aromatic N) is 1. The van der Waals surface area contributed by atoms with Crippen molar-refractivity contribution in [3.8, 4) is 0 Å². The van der Waals surface area contributed by atoms with E-state index in [4.69, 9.17) is 0 Å². The fourth-order valence-electron chi connectivity index (χ4n) is 1.78. The van der Waals surface area contributed by atoms with Crippen molar-refractivity contribution in [3.05, 3.63) is 35.4 Å². The molecular formula is C12H16N2O. The fourth-order valence-corrected chi connectivity index (χ4v) is 1.78. The molecule has 15 heavy (non-hydrogen) atoms. The molecular weight excluding hydrogens is 188 g/mol.